The Kier molecular flexibility index (Phi) is 9.77. The summed E-state index contributed by atoms with van der Waals surface area (Å²) in [7, 11) is 3.69. The van der Waals surface area contributed by atoms with Gasteiger partial charge in [-0.1, -0.05) is 19.1 Å². The SMILES string of the molecule is COc1ccc(CN(C)C[C@H]2Oc3ccc(NC(=O)NC(C)C)cc3C(=O)N([C@@H](C)CO)C[C@H]2C)cc1. The Morgan fingerprint density at radius 3 is 2.54 bits per heavy atom. The summed E-state index contributed by atoms with van der Waals surface area (Å²) in [6, 6.07) is 12.4. The Morgan fingerprint density at radius 1 is 1.22 bits per heavy atom. The van der Waals surface area contributed by atoms with Gasteiger partial charge in [0, 0.05) is 37.3 Å². The van der Waals surface area contributed by atoms with Crippen LogP contribution < -0.4 is 20.1 Å². The van der Waals surface area contributed by atoms with Crippen molar-refractivity contribution in [2.75, 3.05) is 39.2 Å². The van der Waals surface area contributed by atoms with E-state index in [1.54, 1.807) is 30.2 Å². The summed E-state index contributed by atoms with van der Waals surface area (Å²) in [6.45, 7) is 9.30. The molecular formula is C28H40N4O5. The summed E-state index contributed by atoms with van der Waals surface area (Å²) in [5, 5.41) is 15.4. The fourth-order valence-corrected chi connectivity index (χ4v) is 4.36. The molecule has 202 valence electrons. The summed E-state index contributed by atoms with van der Waals surface area (Å²) in [5.41, 5.74) is 2.01. The van der Waals surface area contributed by atoms with Crippen LogP contribution in [0.1, 0.15) is 43.6 Å². The van der Waals surface area contributed by atoms with E-state index in [0.717, 1.165) is 17.9 Å². The number of anilines is 1. The molecule has 9 nitrogen and oxygen atoms in total. The summed E-state index contributed by atoms with van der Waals surface area (Å²) in [4.78, 5) is 29.7. The number of urea groups is 1. The second kappa shape index (κ2) is 12.8. The number of carbonyl (C=O) groups is 2. The molecule has 1 aliphatic heterocycles. The molecule has 0 saturated heterocycles. The fraction of sp³-hybridized carbons (Fsp3) is 0.500. The molecule has 3 N–H and O–H groups in total. The van der Waals surface area contributed by atoms with Crippen LogP contribution in [-0.2, 0) is 6.54 Å². The Morgan fingerprint density at radius 2 is 1.92 bits per heavy atom. The number of methoxy groups -OCH3 is 1. The highest BCUT2D eigenvalue weighted by Gasteiger charge is 2.33. The van der Waals surface area contributed by atoms with Crippen molar-refractivity contribution in [3.05, 3.63) is 53.6 Å². The van der Waals surface area contributed by atoms with Gasteiger partial charge in [0.05, 0.1) is 25.3 Å². The maximum absolute atomic E-state index is 13.6. The number of ether oxygens (including phenoxy) is 2. The third-order valence-electron chi connectivity index (χ3n) is 6.45. The Labute approximate surface area is 219 Å². The van der Waals surface area contributed by atoms with Crippen LogP contribution in [0.3, 0.4) is 0 Å². The Balaban J connectivity index is 1.85. The number of nitrogens with one attached hydrogen (secondary N) is 2. The lowest BCUT2D eigenvalue weighted by Gasteiger charge is -2.38. The zero-order valence-corrected chi connectivity index (χ0v) is 22.7. The predicted octanol–water partition coefficient (Wildman–Crippen LogP) is 3.58. The van der Waals surface area contributed by atoms with Gasteiger partial charge in [0.25, 0.3) is 5.91 Å². The summed E-state index contributed by atoms with van der Waals surface area (Å²) < 4.78 is 11.7. The van der Waals surface area contributed by atoms with Gasteiger partial charge in [0.2, 0.25) is 0 Å². The minimum Gasteiger partial charge on any atom is -0.497 e. The molecule has 0 radical (unpaired) electrons. The van der Waals surface area contributed by atoms with Gasteiger partial charge in [-0.05, 0) is 63.7 Å². The van der Waals surface area contributed by atoms with Crippen molar-refractivity contribution in [1.29, 1.82) is 0 Å². The van der Waals surface area contributed by atoms with Gasteiger partial charge in [-0.2, -0.15) is 0 Å². The molecule has 0 unspecified atom stereocenters. The highest BCUT2D eigenvalue weighted by molar-refractivity contribution is 5.99. The number of likely N-dealkylation sites (N-methyl/N-ethyl adjacent to an activating group) is 1. The van der Waals surface area contributed by atoms with E-state index in [1.165, 1.54) is 0 Å². The average Bonchev–Trinajstić information content (AvgIpc) is 2.86. The van der Waals surface area contributed by atoms with Crippen LogP contribution in [0.25, 0.3) is 0 Å². The summed E-state index contributed by atoms with van der Waals surface area (Å²) in [6.07, 6.45) is -0.202. The van der Waals surface area contributed by atoms with E-state index in [9.17, 15) is 14.7 Å². The molecule has 0 aliphatic carbocycles. The van der Waals surface area contributed by atoms with Crippen molar-refractivity contribution in [2.24, 2.45) is 5.92 Å². The van der Waals surface area contributed by atoms with E-state index < -0.39 is 0 Å². The standard InChI is InChI=1S/C28H40N4O5/c1-18(2)29-28(35)30-22-9-12-25-24(13-22)27(34)32(20(4)17-33)14-19(3)26(37-25)16-31(5)15-21-7-10-23(36-6)11-8-21/h7-13,18-20,26,33H,14-17H2,1-6H3,(H2,29,30,35)/t19-,20+,26-/m1/s1. The van der Waals surface area contributed by atoms with E-state index in [4.69, 9.17) is 9.47 Å². The van der Waals surface area contributed by atoms with Crippen molar-refractivity contribution < 1.29 is 24.2 Å². The Bertz CT molecular complexity index is 1060. The number of hydrogen-bond acceptors (Lipinski definition) is 6. The number of fused-ring (bicyclic) bond motifs is 1. The van der Waals surface area contributed by atoms with Crippen molar-refractivity contribution in [3.63, 3.8) is 0 Å². The van der Waals surface area contributed by atoms with E-state index in [0.29, 0.717) is 30.1 Å². The van der Waals surface area contributed by atoms with Crippen molar-refractivity contribution in [2.45, 2.75) is 52.4 Å². The number of amides is 3. The van der Waals surface area contributed by atoms with Crippen molar-refractivity contribution >= 4 is 17.6 Å². The minimum atomic E-state index is -0.362. The first-order valence-corrected chi connectivity index (χ1v) is 12.7. The van der Waals surface area contributed by atoms with Crippen molar-refractivity contribution in [3.8, 4) is 11.5 Å². The first-order chi connectivity index (χ1) is 17.6. The number of hydrogen-bond donors (Lipinski definition) is 3. The van der Waals surface area contributed by atoms with E-state index in [-0.39, 0.29) is 42.7 Å². The van der Waals surface area contributed by atoms with Gasteiger partial charge in [-0.3, -0.25) is 9.69 Å². The molecule has 3 rings (SSSR count). The predicted molar refractivity (Wildman–Crippen MR) is 144 cm³/mol. The fourth-order valence-electron chi connectivity index (χ4n) is 4.36. The van der Waals surface area contributed by atoms with Crippen LogP contribution >= 0.6 is 0 Å². The molecule has 2 aromatic carbocycles. The van der Waals surface area contributed by atoms with Gasteiger partial charge < -0.3 is 30.1 Å². The van der Waals surface area contributed by atoms with Crippen LogP contribution in [0, 0.1) is 5.92 Å². The number of nitrogens with zero attached hydrogens (tertiary/aromatic N) is 2. The van der Waals surface area contributed by atoms with Crippen LogP contribution in [0.4, 0.5) is 10.5 Å². The van der Waals surface area contributed by atoms with Crippen LogP contribution in [0.5, 0.6) is 11.5 Å². The van der Waals surface area contributed by atoms with E-state index in [2.05, 4.69) is 22.5 Å². The smallest absolute Gasteiger partial charge is 0.319 e. The molecule has 3 atom stereocenters. The lowest BCUT2D eigenvalue weighted by Crippen LogP contribution is -2.49. The van der Waals surface area contributed by atoms with Crippen LogP contribution in [-0.4, -0.2) is 78.9 Å². The molecule has 9 heteroatoms. The number of carbonyl (C=O) groups excluding carboxylic acids is 2. The van der Waals surface area contributed by atoms with E-state index in [1.807, 2.05) is 52.1 Å². The topological polar surface area (TPSA) is 103 Å². The number of rotatable bonds is 9. The lowest BCUT2D eigenvalue weighted by atomic mass is 9.99. The zero-order chi connectivity index (χ0) is 27.1. The van der Waals surface area contributed by atoms with E-state index >= 15 is 0 Å². The molecule has 0 bridgehead atoms. The zero-order valence-electron chi connectivity index (χ0n) is 22.7. The first-order valence-electron chi connectivity index (χ1n) is 12.7. The molecule has 2 aromatic rings. The summed E-state index contributed by atoms with van der Waals surface area (Å²) >= 11 is 0. The van der Waals surface area contributed by atoms with Gasteiger partial charge >= 0.3 is 6.03 Å². The minimum absolute atomic E-state index is 0.0130. The third kappa shape index (κ3) is 7.60. The Hall–Kier alpha value is -3.30. The monoisotopic (exact) mass is 512 g/mol. The van der Waals surface area contributed by atoms with Gasteiger partial charge in [-0.15, -0.1) is 0 Å². The number of aliphatic hydroxyl groups is 1. The quantitative estimate of drug-likeness (QED) is 0.475. The van der Waals surface area contributed by atoms with Crippen LogP contribution in [0.15, 0.2) is 42.5 Å². The van der Waals surface area contributed by atoms with Gasteiger partial charge in [0.1, 0.15) is 17.6 Å². The maximum Gasteiger partial charge on any atom is 0.319 e. The van der Waals surface area contributed by atoms with Crippen LogP contribution in [0.2, 0.25) is 0 Å². The second-order valence-corrected chi connectivity index (χ2v) is 10.1. The second-order valence-electron chi connectivity index (χ2n) is 10.1. The van der Waals surface area contributed by atoms with Gasteiger partial charge in [0.15, 0.2) is 0 Å². The highest BCUT2D eigenvalue weighted by Crippen LogP contribution is 2.31. The normalized spacial score (nSPS) is 18.5. The molecule has 1 heterocycles. The van der Waals surface area contributed by atoms with Crippen molar-refractivity contribution in [1.82, 2.24) is 15.1 Å². The maximum atomic E-state index is 13.6. The third-order valence-corrected chi connectivity index (χ3v) is 6.45. The largest absolute Gasteiger partial charge is 0.497 e. The van der Waals surface area contributed by atoms with Gasteiger partial charge in [-0.25, -0.2) is 4.79 Å². The number of benzene rings is 2. The molecule has 1 aliphatic rings. The molecule has 0 saturated carbocycles. The molecular weight excluding hydrogens is 472 g/mol. The average molecular weight is 513 g/mol. The molecule has 0 spiro atoms. The lowest BCUT2D eigenvalue weighted by molar-refractivity contribution is 0.0341. The molecule has 0 aromatic heterocycles. The number of aliphatic hydroxyl groups excluding tert-OH is 1. The summed E-state index contributed by atoms with van der Waals surface area (Å²) in [5.74, 6) is 1.06. The first kappa shape index (κ1) is 28.3. The highest BCUT2D eigenvalue weighted by atomic mass is 16.5. The molecule has 37 heavy (non-hydrogen) atoms. The molecule has 0 fully saturated rings. The molecule has 3 amide bonds.